The molecule has 0 radical (unpaired) electrons. The minimum absolute atomic E-state index is 0.0934. The number of amides is 2. The average molecular weight is 435 g/mol. The van der Waals surface area contributed by atoms with Gasteiger partial charge in [-0.1, -0.05) is 23.4 Å². The first-order chi connectivity index (χ1) is 15.5. The molecular formula is C23H25N5O4. The molecule has 32 heavy (non-hydrogen) atoms. The number of ether oxygens (including phenoxy) is 1. The third kappa shape index (κ3) is 5.11. The Balaban J connectivity index is 1.42. The van der Waals surface area contributed by atoms with Crippen LogP contribution < -0.4 is 10.1 Å². The van der Waals surface area contributed by atoms with Crippen molar-refractivity contribution in [2.45, 2.75) is 33.3 Å². The summed E-state index contributed by atoms with van der Waals surface area (Å²) in [6.45, 7) is 4.59. The summed E-state index contributed by atoms with van der Waals surface area (Å²) >= 11 is 0. The number of aromatic nitrogens is 3. The highest BCUT2D eigenvalue weighted by molar-refractivity contribution is 5.98. The van der Waals surface area contributed by atoms with E-state index >= 15 is 0 Å². The summed E-state index contributed by atoms with van der Waals surface area (Å²) in [5, 5.41) is 6.68. The monoisotopic (exact) mass is 435 g/mol. The van der Waals surface area contributed by atoms with Gasteiger partial charge in [0.2, 0.25) is 17.6 Å². The summed E-state index contributed by atoms with van der Waals surface area (Å²) in [5.74, 6) is 1.22. The van der Waals surface area contributed by atoms with Gasteiger partial charge in [-0.25, -0.2) is 4.98 Å². The fourth-order valence-corrected chi connectivity index (χ4v) is 3.70. The molecule has 4 rings (SSSR count). The minimum atomic E-state index is -0.301. The molecule has 2 aromatic heterocycles. The molecule has 1 aromatic carbocycles. The Morgan fingerprint density at radius 2 is 2.00 bits per heavy atom. The van der Waals surface area contributed by atoms with Crippen molar-refractivity contribution in [2.24, 2.45) is 5.92 Å². The molecule has 9 heteroatoms. The molecule has 0 aliphatic carbocycles. The van der Waals surface area contributed by atoms with Gasteiger partial charge < -0.3 is 19.5 Å². The van der Waals surface area contributed by atoms with Gasteiger partial charge in [-0.2, -0.15) is 4.98 Å². The number of nitrogens with zero attached hydrogens (tertiary/aromatic N) is 4. The number of aryl methyl sites for hydroxylation is 2. The smallest absolute Gasteiger partial charge is 0.257 e. The van der Waals surface area contributed by atoms with Crippen LogP contribution in [0, 0.1) is 19.8 Å². The van der Waals surface area contributed by atoms with Crippen LogP contribution in [0.5, 0.6) is 5.75 Å². The summed E-state index contributed by atoms with van der Waals surface area (Å²) in [6, 6.07) is 12.5. The first-order valence-electron chi connectivity index (χ1n) is 10.5. The number of pyridine rings is 1. The van der Waals surface area contributed by atoms with E-state index in [2.05, 4.69) is 20.4 Å². The third-order valence-electron chi connectivity index (χ3n) is 5.26. The van der Waals surface area contributed by atoms with Crippen LogP contribution in [-0.2, 0) is 11.4 Å². The van der Waals surface area contributed by atoms with Gasteiger partial charge in [0.05, 0.1) is 11.5 Å². The summed E-state index contributed by atoms with van der Waals surface area (Å²) in [4.78, 5) is 36.2. The van der Waals surface area contributed by atoms with Crippen LogP contribution in [0.2, 0.25) is 0 Å². The number of benzene rings is 1. The van der Waals surface area contributed by atoms with Crippen molar-refractivity contribution >= 4 is 17.6 Å². The van der Waals surface area contributed by atoms with E-state index in [-0.39, 0.29) is 24.3 Å². The number of piperidine rings is 1. The van der Waals surface area contributed by atoms with Gasteiger partial charge in [-0.3, -0.25) is 9.59 Å². The zero-order valence-electron chi connectivity index (χ0n) is 18.1. The Labute approximate surface area is 185 Å². The minimum Gasteiger partial charge on any atom is -0.485 e. The van der Waals surface area contributed by atoms with Gasteiger partial charge >= 0.3 is 0 Å². The number of hydrogen-bond acceptors (Lipinski definition) is 7. The standard InChI is InChI=1S/C23H25N5O4/c1-15-7-5-11-20(24-15)26-22(29)17-8-6-12-28(13-17)23(30)18-9-3-4-10-19(18)31-14-21-25-16(2)32-27-21/h3-5,7,9-11,17H,6,8,12-14H2,1-2H3,(H,24,26,29)/t17-/m0/s1. The average Bonchev–Trinajstić information content (AvgIpc) is 3.22. The molecule has 9 nitrogen and oxygen atoms in total. The van der Waals surface area contributed by atoms with E-state index in [1.807, 2.05) is 19.1 Å². The predicted molar refractivity (Wildman–Crippen MR) is 116 cm³/mol. The highest BCUT2D eigenvalue weighted by Gasteiger charge is 2.30. The lowest BCUT2D eigenvalue weighted by Crippen LogP contribution is -2.44. The molecule has 3 aromatic rings. The van der Waals surface area contributed by atoms with Crippen LogP contribution in [0.25, 0.3) is 0 Å². The zero-order chi connectivity index (χ0) is 22.5. The number of anilines is 1. The molecular weight excluding hydrogens is 410 g/mol. The molecule has 0 bridgehead atoms. The van der Waals surface area contributed by atoms with Gasteiger partial charge in [0.25, 0.3) is 5.91 Å². The van der Waals surface area contributed by atoms with Gasteiger partial charge in [-0.15, -0.1) is 0 Å². The normalized spacial score (nSPS) is 15.9. The van der Waals surface area contributed by atoms with Crippen molar-refractivity contribution in [3.63, 3.8) is 0 Å². The number of rotatable bonds is 6. The lowest BCUT2D eigenvalue weighted by Gasteiger charge is -2.32. The van der Waals surface area contributed by atoms with Crippen LogP contribution in [-0.4, -0.2) is 44.9 Å². The molecule has 1 N–H and O–H groups in total. The Bertz CT molecular complexity index is 1110. The third-order valence-corrected chi connectivity index (χ3v) is 5.26. The lowest BCUT2D eigenvalue weighted by molar-refractivity contribution is -0.121. The van der Waals surface area contributed by atoms with Crippen molar-refractivity contribution in [1.29, 1.82) is 0 Å². The molecule has 1 aliphatic heterocycles. The Morgan fingerprint density at radius 3 is 2.78 bits per heavy atom. The number of carbonyl (C=O) groups is 2. The van der Waals surface area contributed by atoms with E-state index in [0.29, 0.717) is 41.9 Å². The molecule has 1 atom stereocenters. The zero-order valence-corrected chi connectivity index (χ0v) is 18.1. The largest absolute Gasteiger partial charge is 0.485 e. The topological polar surface area (TPSA) is 110 Å². The first-order valence-corrected chi connectivity index (χ1v) is 10.5. The van der Waals surface area contributed by atoms with Gasteiger partial charge in [0.15, 0.2) is 6.61 Å². The van der Waals surface area contributed by atoms with Crippen molar-refractivity contribution < 1.29 is 18.8 Å². The van der Waals surface area contributed by atoms with Gasteiger partial charge in [0.1, 0.15) is 11.6 Å². The Morgan fingerprint density at radius 1 is 1.16 bits per heavy atom. The second-order valence-electron chi connectivity index (χ2n) is 7.76. The Hall–Kier alpha value is -3.75. The molecule has 2 amide bonds. The molecule has 1 aliphatic rings. The van der Waals surface area contributed by atoms with Crippen molar-refractivity contribution in [3.8, 4) is 5.75 Å². The van der Waals surface area contributed by atoms with E-state index in [1.165, 1.54) is 0 Å². The number of carbonyl (C=O) groups excluding carboxylic acids is 2. The first kappa shape index (κ1) is 21.5. The van der Waals surface area contributed by atoms with E-state index in [4.69, 9.17) is 9.26 Å². The van der Waals surface area contributed by atoms with E-state index < -0.39 is 0 Å². The number of nitrogens with one attached hydrogen (secondary N) is 1. The maximum Gasteiger partial charge on any atom is 0.257 e. The predicted octanol–water partition coefficient (Wildman–Crippen LogP) is 3.15. The molecule has 0 unspecified atom stereocenters. The van der Waals surface area contributed by atoms with Crippen molar-refractivity contribution in [2.75, 3.05) is 18.4 Å². The van der Waals surface area contributed by atoms with Crippen LogP contribution in [0.1, 0.15) is 40.6 Å². The SMILES string of the molecule is Cc1cccc(NC(=O)[C@H]2CCCN(C(=O)c3ccccc3OCc3noc(C)n3)C2)n1. The fraction of sp³-hybridized carbons (Fsp3) is 0.348. The highest BCUT2D eigenvalue weighted by Crippen LogP contribution is 2.25. The second-order valence-corrected chi connectivity index (χ2v) is 7.76. The molecule has 0 spiro atoms. The van der Waals surface area contributed by atoms with Crippen LogP contribution in [0.4, 0.5) is 5.82 Å². The fourth-order valence-electron chi connectivity index (χ4n) is 3.70. The number of hydrogen-bond donors (Lipinski definition) is 1. The van der Waals surface area contributed by atoms with Gasteiger partial charge in [0, 0.05) is 25.7 Å². The summed E-state index contributed by atoms with van der Waals surface area (Å²) in [5.41, 5.74) is 1.27. The highest BCUT2D eigenvalue weighted by atomic mass is 16.5. The maximum atomic E-state index is 13.3. The molecule has 0 saturated carbocycles. The number of likely N-dealkylation sites (tertiary alicyclic amines) is 1. The lowest BCUT2D eigenvalue weighted by atomic mass is 9.96. The van der Waals surface area contributed by atoms with Crippen LogP contribution in [0.15, 0.2) is 47.0 Å². The van der Waals surface area contributed by atoms with E-state index in [9.17, 15) is 9.59 Å². The second kappa shape index (κ2) is 9.59. The summed E-state index contributed by atoms with van der Waals surface area (Å²) in [6.07, 6.45) is 1.47. The van der Waals surface area contributed by atoms with Crippen LogP contribution in [0.3, 0.4) is 0 Å². The molecule has 3 heterocycles. The number of para-hydroxylation sites is 1. The van der Waals surface area contributed by atoms with E-state index in [0.717, 1.165) is 18.5 Å². The molecule has 166 valence electrons. The molecule has 1 fully saturated rings. The Kier molecular flexibility index (Phi) is 6.44. The van der Waals surface area contributed by atoms with Crippen molar-refractivity contribution in [3.05, 3.63) is 65.4 Å². The maximum absolute atomic E-state index is 13.3. The van der Waals surface area contributed by atoms with Gasteiger partial charge in [-0.05, 0) is 44.0 Å². The molecule has 1 saturated heterocycles. The van der Waals surface area contributed by atoms with Crippen LogP contribution >= 0.6 is 0 Å². The van der Waals surface area contributed by atoms with E-state index in [1.54, 1.807) is 42.2 Å². The van der Waals surface area contributed by atoms with Crippen molar-refractivity contribution in [1.82, 2.24) is 20.0 Å². The quantitative estimate of drug-likeness (QED) is 0.633. The summed E-state index contributed by atoms with van der Waals surface area (Å²) < 4.78 is 10.7. The summed E-state index contributed by atoms with van der Waals surface area (Å²) in [7, 11) is 0.